The molecule has 0 unspecified atom stereocenters. The molecule has 1 saturated carbocycles. The first-order valence-corrected chi connectivity index (χ1v) is 7.48. The Morgan fingerprint density at radius 1 is 1.26 bits per heavy atom. The molecular weight excluding hydrogens is 238 g/mol. The van der Waals surface area contributed by atoms with E-state index in [0.717, 1.165) is 19.7 Å². The molecule has 0 aromatic carbocycles. The molecule has 108 valence electrons. The van der Waals surface area contributed by atoms with Crippen molar-refractivity contribution in [1.82, 2.24) is 15.1 Å². The van der Waals surface area contributed by atoms with E-state index in [-0.39, 0.29) is 0 Å². The van der Waals surface area contributed by atoms with Crippen LogP contribution in [-0.2, 0) is 11.3 Å². The molecular formula is C15H27N3O. The molecule has 1 N–H and O–H groups in total. The number of aryl methyl sites for hydroxylation is 1. The minimum absolute atomic E-state index is 0.625. The van der Waals surface area contributed by atoms with Gasteiger partial charge in [-0.1, -0.05) is 19.3 Å². The van der Waals surface area contributed by atoms with Gasteiger partial charge >= 0.3 is 0 Å². The van der Waals surface area contributed by atoms with Crippen molar-refractivity contribution in [1.29, 1.82) is 0 Å². The van der Waals surface area contributed by atoms with Crippen LogP contribution >= 0.6 is 0 Å². The molecule has 0 saturated heterocycles. The predicted octanol–water partition coefficient (Wildman–Crippen LogP) is 2.74. The zero-order valence-electron chi connectivity index (χ0n) is 12.5. The molecule has 1 aliphatic rings. The van der Waals surface area contributed by atoms with E-state index in [0.29, 0.717) is 6.04 Å². The molecule has 19 heavy (non-hydrogen) atoms. The van der Waals surface area contributed by atoms with Crippen molar-refractivity contribution < 1.29 is 4.74 Å². The SMILES string of the molecule is COCCNCc1c(C)nn(C2CCCCC2)c1C. The Morgan fingerprint density at radius 2 is 2.00 bits per heavy atom. The van der Waals surface area contributed by atoms with Crippen molar-refractivity contribution >= 4 is 0 Å². The molecule has 1 aromatic rings. The van der Waals surface area contributed by atoms with E-state index in [1.165, 1.54) is 49.1 Å². The Bertz CT molecular complexity index is 394. The van der Waals surface area contributed by atoms with E-state index >= 15 is 0 Å². The Labute approximate surface area is 116 Å². The second-order valence-corrected chi connectivity index (χ2v) is 5.56. The summed E-state index contributed by atoms with van der Waals surface area (Å²) >= 11 is 0. The first-order chi connectivity index (χ1) is 9.24. The highest BCUT2D eigenvalue weighted by atomic mass is 16.5. The van der Waals surface area contributed by atoms with Gasteiger partial charge in [0.15, 0.2) is 0 Å². The van der Waals surface area contributed by atoms with Gasteiger partial charge in [0.2, 0.25) is 0 Å². The Balaban J connectivity index is 2.01. The lowest BCUT2D eigenvalue weighted by Crippen LogP contribution is -2.20. The van der Waals surface area contributed by atoms with Gasteiger partial charge in [-0.3, -0.25) is 4.68 Å². The first-order valence-electron chi connectivity index (χ1n) is 7.48. The molecule has 4 nitrogen and oxygen atoms in total. The fraction of sp³-hybridized carbons (Fsp3) is 0.800. The van der Waals surface area contributed by atoms with Gasteiger partial charge in [-0.25, -0.2) is 0 Å². The van der Waals surface area contributed by atoms with Crippen molar-refractivity contribution in [3.8, 4) is 0 Å². The zero-order chi connectivity index (χ0) is 13.7. The van der Waals surface area contributed by atoms with Gasteiger partial charge in [-0.2, -0.15) is 5.10 Å². The van der Waals surface area contributed by atoms with E-state index in [1.54, 1.807) is 7.11 Å². The average molecular weight is 265 g/mol. The molecule has 0 bridgehead atoms. The highest BCUT2D eigenvalue weighted by Crippen LogP contribution is 2.30. The maximum absolute atomic E-state index is 5.06. The minimum atomic E-state index is 0.625. The quantitative estimate of drug-likeness (QED) is 0.804. The Hall–Kier alpha value is -0.870. The molecule has 2 rings (SSSR count). The lowest BCUT2D eigenvalue weighted by Gasteiger charge is -2.23. The number of rotatable bonds is 6. The Kier molecular flexibility index (Phi) is 5.40. The third-order valence-corrected chi connectivity index (χ3v) is 4.18. The number of nitrogens with zero attached hydrogens (tertiary/aromatic N) is 2. The van der Waals surface area contributed by atoms with Gasteiger partial charge in [0, 0.05) is 31.5 Å². The van der Waals surface area contributed by atoms with E-state index < -0.39 is 0 Å². The van der Waals surface area contributed by atoms with Gasteiger partial charge in [-0.05, 0) is 26.7 Å². The summed E-state index contributed by atoms with van der Waals surface area (Å²) < 4.78 is 7.34. The maximum atomic E-state index is 5.06. The summed E-state index contributed by atoms with van der Waals surface area (Å²) in [4.78, 5) is 0. The Morgan fingerprint density at radius 3 is 2.68 bits per heavy atom. The molecule has 0 radical (unpaired) electrons. The summed E-state index contributed by atoms with van der Waals surface area (Å²) in [6.45, 7) is 6.88. The van der Waals surface area contributed by atoms with E-state index in [1.807, 2.05) is 0 Å². The number of ether oxygens (including phenoxy) is 1. The molecule has 1 aliphatic carbocycles. The fourth-order valence-corrected chi connectivity index (χ4v) is 3.02. The van der Waals surface area contributed by atoms with Crippen LogP contribution in [0.25, 0.3) is 0 Å². The predicted molar refractivity (Wildman–Crippen MR) is 77.4 cm³/mol. The first kappa shape index (κ1) is 14.5. The average Bonchev–Trinajstić information content (AvgIpc) is 2.72. The van der Waals surface area contributed by atoms with Gasteiger partial charge in [-0.15, -0.1) is 0 Å². The monoisotopic (exact) mass is 265 g/mol. The van der Waals surface area contributed by atoms with Crippen LogP contribution < -0.4 is 5.32 Å². The lowest BCUT2D eigenvalue weighted by molar-refractivity contribution is 0.199. The largest absolute Gasteiger partial charge is 0.383 e. The van der Waals surface area contributed by atoms with Crippen molar-refractivity contribution in [2.75, 3.05) is 20.3 Å². The standard InChI is InChI=1S/C15H27N3O/c1-12-15(11-16-9-10-19-3)13(2)18(17-12)14-7-5-4-6-8-14/h14,16H,4-11H2,1-3H3. The van der Waals surface area contributed by atoms with Crippen molar-refractivity contribution in [3.63, 3.8) is 0 Å². The summed E-state index contributed by atoms with van der Waals surface area (Å²) in [5.41, 5.74) is 3.88. The summed E-state index contributed by atoms with van der Waals surface area (Å²) in [5, 5.41) is 8.20. The number of aromatic nitrogens is 2. The number of nitrogens with one attached hydrogen (secondary N) is 1. The normalized spacial score (nSPS) is 17.0. The van der Waals surface area contributed by atoms with E-state index in [4.69, 9.17) is 9.84 Å². The molecule has 0 atom stereocenters. The molecule has 0 amide bonds. The second kappa shape index (κ2) is 7.06. The van der Waals surface area contributed by atoms with Crippen LogP contribution in [0.2, 0.25) is 0 Å². The van der Waals surface area contributed by atoms with Crippen molar-refractivity contribution in [2.24, 2.45) is 0 Å². The van der Waals surface area contributed by atoms with Crippen LogP contribution in [0.1, 0.15) is 55.1 Å². The van der Waals surface area contributed by atoms with Gasteiger partial charge < -0.3 is 10.1 Å². The van der Waals surface area contributed by atoms with Crippen LogP contribution in [0.15, 0.2) is 0 Å². The minimum Gasteiger partial charge on any atom is -0.383 e. The van der Waals surface area contributed by atoms with Crippen LogP contribution in [-0.4, -0.2) is 30.0 Å². The van der Waals surface area contributed by atoms with Gasteiger partial charge in [0.1, 0.15) is 0 Å². The van der Waals surface area contributed by atoms with Crippen molar-refractivity contribution in [3.05, 3.63) is 17.0 Å². The highest BCUT2D eigenvalue weighted by molar-refractivity contribution is 5.24. The molecule has 1 heterocycles. The van der Waals surface area contributed by atoms with Gasteiger partial charge in [0.05, 0.1) is 18.3 Å². The van der Waals surface area contributed by atoms with E-state index in [2.05, 4.69) is 23.8 Å². The summed E-state index contributed by atoms with van der Waals surface area (Å²) in [5.74, 6) is 0. The molecule has 1 fully saturated rings. The maximum Gasteiger partial charge on any atom is 0.0641 e. The fourth-order valence-electron chi connectivity index (χ4n) is 3.02. The number of hydrogen-bond acceptors (Lipinski definition) is 3. The summed E-state index contributed by atoms with van der Waals surface area (Å²) in [7, 11) is 1.74. The van der Waals surface area contributed by atoms with E-state index in [9.17, 15) is 0 Å². The zero-order valence-corrected chi connectivity index (χ0v) is 12.5. The topological polar surface area (TPSA) is 39.1 Å². The number of hydrogen-bond donors (Lipinski definition) is 1. The van der Waals surface area contributed by atoms with Gasteiger partial charge in [0.25, 0.3) is 0 Å². The van der Waals surface area contributed by atoms with Crippen molar-refractivity contribution in [2.45, 2.75) is 58.5 Å². The van der Waals surface area contributed by atoms with Crippen LogP contribution in [0.3, 0.4) is 0 Å². The van der Waals surface area contributed by atoms with Crippen LogP contribution in [0.4, 0.5) is 0 Å². The molecule has 4 heteroatoms. The smallest absolute Gasteiger partial charge is 0.0641 e. The summed E-state index contributed by atoms with van der Waals surface area (Å²) in [6, 6.07) is 0.625. The molecule has 0 spiro atoms. The highest BCUT2D eigenvalue weighted by Gasteiger charge is 2.20. The third kappa shape index (κ3) is 3.57. The lowest BCUT2D eigenvalue weighted by atomic mass is 9.95. The van der Waals surface area contributed by atoms with Crippen LogP contribution in [0, 0.1) is 13.8 Å². The number of methoxy groups -OCH3 is 1. The third-order valence-electron chi connectivity index (χ3n) is 4.18. The molecule has 1 aromatic heterocycles. The molecule has 0 aliphatic heterocycles. The summed E-state index contributed by atoms with van der Waals surface area (Å²) in [6.07, 6.45) is 6.67. The van der Waals surface area contributed by atoms with Crippen LogP contribution in [0.5, 0.6) is 0 Å². The second-order valence-electron chi connectivity index (χ2n) is 5.56.